The number of ether oxygens (including phenoxy) is 1. The number of aromatic nitrogens is 4. The predicted molar refractivity (Wildman–Crippen MR) is 62.8 cm³/mol. The average Bonchev–Trinajstić information content (AvgIpc) is 2.82. The van der Waals surface area contributed by atoms with Crippen LogP contribution < -0.4 is 5.73 Å². The highest BCUT2D eigenvalue weighted by atomic mass is 16.6. The van der Waals surface area contributed by atoms with Crippen LogP contribution in [-0.2, 0) is 4.74 Å². The van der Waals surface area contributed by atoms with E-state index in [0.717, 1.165) is 0 Å². The maximum absolute atomic E-state index is 10.3. The van der Waals surface area contributed by atoms with Crippen LogP contribution in [-0.4, -0.2) is 59.8 Å². The third-order valence-electron chi connectivity index (χ3n) is 3.34. The van der Waals surface area contributed by atoms with Crippen molar-refractivity contribution in [3.8, 4) is 0 Å². The second-order valence-electron chi connectivity index (χ2n) is 4.39. The van der Waals surface area contributed by atoms with Crippen molar-refractivity contribution >= 4 is 17.0 Å². The zero-order valence-electron chi connectivity index (χ0n) is 9.84. The van der Waals surface area contributed by atoms with Gasteiger partial charge in [0.1, 0.15) is 17.9 Å². The lowest BCUT2D eigenvalue weighted by molar-refractivity contribution is -0.337. The Bertz CT molecular complexity index is 617. The van der Waals surface area contributed by atoms with E-state index in [1.165, 1.54) is 17.2 Å². The fourth-order valence-electron chi connectivity index (χ4n) is 2.21. The highest BCUT2D eigenvalue weighted by Crippen LogP contribution is 2.41. The summed E-state index contributed by atoms with van der Waals surface area (Å²) in [7, 11) is 0. The number of aliphatic hydroxyl groups excluding tert-OH is 2. The third-order valence-corrected chi connectivity index (χ3v) is 3.34. The number of rotatable bonds is 3. The minimum absolute atomic E-state index is 0.217. The molecule has 5 N–H and O–H groups in total. The molecule has 102 valence electrons. The lowest BCUT2D eigenvalue weighted by atomic mass is 9.89. The molecule has 0 saturated carbocycles. The number of nitrogen functional groups attached to an aromatic ring is 1. The van der Waals surface area contributed by atoms with E-state index in [0.29, 0.717) is 11.2 Å². The monoisotopic (exact) mass is 267 g/mol. The number of nitrogens with zero attached hydrogens (tertiary/aromatic N) is 4. The zero-order valence-corrected chi connectivity index (χ0v) is 9.84. The van der Waals surface area contributed by atoms with E-state index in [1.807, 2.05) is 0 Å². The van der Waals surface area contributed by atoms with E-state index in [-0.39, 0.29) is 5.82 Å². The van der Waals surface area contributed by atoms with Gasteiger partial charge in [-0.05, 0) is 0 Å². The smallest absolute Gasteiger partial charge is 0.170 e. The van der Waals surface area contributed by atoms with Gasteiger partial charge in [-0.15, -0.1) is 0 Å². The summed E-state index contributed by atoms with van der Waals surface area (Å²) in [5.41, 5.74) is 4.86. The molecular weight excluding hydrogens is 254 g/mol. The van der Waals surface area contributed by atoms with Crippen LogP contribution in [0.4, 0.5) is 5.82 Å². The van der Waals surface area contributed by atoms with E-state index in [4.69, 9.17) is 15.6 Å². The van der Waals surface area contributed by atoms with Gasteiger partial charge in [-0.3, -0.25) is 4.57 Å². The summed E-state index contributed by atoms with van der Waals surface area (Å²) in [5, 5.41) is 28.6. The molecule has 1 saturated heterocycles. The predicted octanol–water partition coefficient (Wildman–Crippen LogP) is -1.98. The fraction of sp³-hybridized carbons (Fsp3) is 0.500. The molecule has 1 fully saturated rings. The molecule has 3 atom stereocenters. The van der Waals surface area contributed by atoms with Crippen molar-refractivity contribution in [1.29, 1.82) is 0 Å². The van der Waals surface area contributed by atoms with Crippen LogP contribution in [0.25, 0.3) is 11.2 Å². The summed E-state index contributed by atoms with van der Waals surface area (Å²) < 4.78 is 6.80. The summed E-state index contributed by atoms with van der Waals surface area (Å²) in [6.07, 6.45) is 0.943. The van der Waals surface area contributed by atoms with Crippen LogP contribution in [0.1, 0.15) is 6.23 Å². The molecule has 0 amide bonds. The lowest BCUT2D eigenvalue weighted by Gasteiger charge is -2.50. The molecule has 19 heavy (non-hydrogen) atoms. The molecule has 9 nitrogen and oxygen atoms in total. The minimum Gasteiger partial charge on any atom is -0.394 e. The van der Waals surface area contributed by atoms with Crippen molar-refractivity contribution in [2.24, 2.45) is 0 Å². The number of fused-ring (bicyclic) bond motifs is 1. The van der Waals surface area contributed by atoms with Gasteiger partial charge in [0.25, 0.3) is 0 Å². The standard InChI is InChI=1S/C10H13N5O4/c11-7-6-8(13-3-12-7)15(4-14-6)9-10(18,2-17)5(1-16)19-9/h3-5,9,16-18H,1-2H2,(H2,11,12,13). The number of nitrogens with two attached hydrogens (primary N) is 1. The molecule has 9 heteroatoms. The van der Waals surface area contributed by atoms with Crippen molar-refractivity contribution in [2.75, 3.05) is 18.9 Å². The second-order valence-corrected chi connectivity index (χ2v) is 4.39. The summed E-state index contributed by atoms with van der Waals surface area (Å²) in [6.45, 7) is -0.944. The van der Waals surface area contributed by atoms with Gasteiger partial charge >= 0.3 is 0 Å². The number of imidazole rings is 1. The molecule has 0 spiro atoms. The first-order valence-electron chi connectivity index (χ1n) is 5.64. The molecule has 0 aromatic carbocycles. The first kappa shape index (κ1) is 12.2. The van der Waals surface area contributed by atoms with Crippen molar-refractivity contribution in [3.05, 3.63) is 12.7 Å². The largest absolute Gasteiger partial charge is 0.394 e. The molecule has 0 aliphatic carbocycles. The molecule has 1 aliphatic heterocycles. The Hall–Kier alpha value is -1.81. The van der Waals surface area contributed by atoms with Gasteiger partial charge in [-0.1, -0.05) is 0 Å². The summed E-state index contributed by atoms with van der Waals surface area (Å²) in [5.74, 6) is 0.217. The number of hydrogen-bond acceptors (Lipinski definition) is 8. The molecule has 3 rings (SSSR count). The molecule has 0 radical (unpaired) electrons. The highest BCUT2D eigenvalue weighted by molar-refractivity contribution is 5.81. The first-order valence-corrected chi connectivity index (χ1v) is 5.64. The number of anilines is 1. The molecule has 1 aliphatic rings. The van der Waals surface area contributed by atoms with Crippen molar-refractivity contribution in [2.45, 2.75) is 17.9 Å². The molecular formula is C10H13N5O4. The Morgan fingerprint density at radius 2 is 2.16 bits per heavy atom. The van der Waals surface area contributed by atoms with E-state index >= 15 is 0 Å². The summed E-state index contributed by atoms with van der Waals surface area (Å²) in [6, 6.07) is 0. The Morgan fingerprint density at radius 1 is 1.37 bits per heavy atom. The van der Waals surface area contributed by atoms with Crippen LogP contribution in [0.5, 0.6) is 0 Å². The molecule has 3 heterocycles. The van der Waals surface area contributed by atoms with Gasteiger partial charge in [0.15, 0.2) is 23.3 Å². The highest BCUT2D eigenvalue weighted by Gasteiger charge is 2.57. The van der Waals surface area contributed by atoms with Crippen LogP contribution >= 0.6 is 0 Å². The van der Waals surface area contributed by atoms with Gasteiger partial charge in [0.05, 0.1) is 19.5 Å². The molecule has 3 unspecified atom stereocenters. The van der Waals surface area contributed by atoms with Crippen molar-refractivity contribution in [3.63, 3.8) is 0 Å². The number of hydrogen-bond donors (Lipinski definition) is 4. The summed E-state index contributed by atoms with van der Waals surface area (Å²) in [4.78, 5) is 11.9. The van der Waals surface area contributed by atoms with Crippen molar-refractivity contribution in [1.82, 2.24) is 19.5 Å². The Balaban J connectivity index is 2.04. The van der Waals surface area contributed by atoms with Gasteiger partial charge < -0.3 is 25.8 Å². The van der Waals surface area contributed by atoms with Gasteiger partial charge in [0, 0.05) is 0 Å². The van der Waals surface area contributed by atoms with E-state index < -0.39 is 31.1 Å². The first-order chi connectivity index (χ1) is 9.11. The summed E-state index contributed by atoms with van der Waals surface area (Å²) >= 11 is 0. The second kappa shape index (κ2) is 4.10. The fourth-order valence-corrected chi connectivity index (χ4v) is 2.21. The Kier molecular flexibility index (Phi) is 2.64. The number of aliphatic hydroxyl groups is 3. The molecule has 0 bridgehead atoms. The van der Waals surface area contributed by atoms with Crippen LogP contribution in [0.2, 0.25) is 0 Å². The zero-order chi connectivity index (χ0) is 13.6. The quantitative estimate of drug-likeness (QED) is 0.501. The van der Waals surface area contributed by atoms with Gasteiger partial charge in [0.2, 0.25) is 0 Å². The van der Waals surface area contributed by atoms with Crippen LogP contribution in [0, 0.1) is 0 Å². The molecule has 2 aromatic heterocycles. The van der Waals surface area contributed by atoms with Crippen molar-refractivity contribution < 1.29 is 20.1 Å². The Labute approximate surface area is 107 Å². The van der Waals surface area contributed by atoms with Gasteiger partial charge in [-0.25, -0.2) is 15.0 Å². The maximum atomic E-state index is 10.3. The minimum atomic E-state index is -1.58. The SMILES string of the molecule is Nc1ncnc2c1ncn2C1OC(CO)C1(O)CO. The molecule has 2 aromatic rings. The maximum Gasteiger partial charge on any atom is 0.170 e. The average molecular weight is 267 g/mol. The normalized spacial score (nSPS) is 30.5. The lowest BCUT2D eigenvalue weighted by Crippen LogP contribution is -2.65. The van der Waals surface area contributed by atoms with E-state index in [9.17, 15) is 10.2 Å². The van der Waals surface area contributed by atoms with Crippen LogP contribution in [0.3, 0.4) is 0 Å². The van der Waals surface area contributed by atoms with E-state index in [2.05, 4.69) is 15.0 Å². The topological polar surface area (TPSA) is 140 Å². The van der Waals surface area contributed by atoms with Gasteiger partial charge in [-0.2, -0.15) is 0 Å². The third kappa shape index (κ3) is 1.53. The van der Waals surface area contributed by atoms with E-state index in [1.54, 1.807) is 0 Å². The van der Waals surface area contributed by atoms with Crippen LogP contribution in [0.15, 0.2) is 12.7 Å². The Morgan fingerprint density at radius 3 is 2.84 bits per heavy atom.